The molecule has 0 aliphatic rings. The molecular formula is C40H36F2N8O7S2. The van der Waals surface area contributed by atoms with Crippen molar-refractivity contribution in [3.8, 4) is 0 Å². The highest BCUT2D eigenvalue weighted by Gasteiger charge is 2.26. The number of hydrazine groups is 2. The number of nitrogen functional groups attached to an aromatic ring is 1. The Morgan fingerprint density at radius 3 is 1.46 bits per heavy atom. The van der Waals surface area contributed by atoms with Gasteiger partial charge in [-0.05, 0) is 97.4 Å². The van der Waals surface area contributed by atoms with E-state index in [1.807, 2.05) is 28.3 Å². The summed E-state index contributed by atoms with van der Waals surface area (Å²) in [4.78, 5) is 53.3. The lowest BCUT2D eigenvalue weighted by atomic mass is 10.1. The van der Waals surface area contributed by atoms with E-state index in [-0.39, 0.29) is 11.4 Å². The Morgan fingerprint density at radius 2 is 1.07 bits per heavy atom. The summed E-state index contributed by atoms with van der Waals surface area (Å²) in [6, 6.07) is 18.1. The van der Waals surface area contributed by atoms with E-state index < -0.39 is 53.8 Å². The number of rotatable bonds is 10. The fourth-order valence-corrected chi connectivity index (χ4v) is 6.97. The first-order valence-corrected chi connectivity index (χ1v) is 18.9. The summed E-state index contributed by atoms with van der Waals surface area (Å²) in [5, 5.41) is 39.6. The van der Waals surface area contributed by atoms with Gasteiger partial charge in [-0.1, -0.05) is 12.1 Å². The highest BCUT2D eigenvalue weighted by molar-refractivity contribution is 7.18. The van der Waals surface area contributed by atoms with Gasteiger partial charge >= 0.3 is 5.97 Å². The molecule has 304 valence electrons. The van der Waals surface area contributed by atoms with Gasteiger partial charge in [0.1, 0.15) is 17.7 Å². The summed E-state index contributed by atoms with van der Waals surface area (Å²) >= 11 is 2.84. The van der Waals surface area contributed by atoms with Crippen molar-refractivity contribution in [3.63, 3.8) is 0 Å². The van der Waals surface area contributed by atoms with Crippen LogP contribution in [0.3, 0.4) is 0 Å². The molecule has 0 aliphatic carbocycles. The molecule has 6 aromatic rings. The molecule has 4 aromatic carbocycles. The summed E-state index contributed by atoms with van der Waals surface area (Å²) in [6.45, 7) is 17.2. The minimum atomic E-state index is -1.12. The fourth-order valence-electron chi connectivity index (χ4n) is 5.21. The second kappa shape index (κ2) is 21.0. The molecule has 6 rings (SSSR count). The van der Waals surface area contributed by atoms with Crippen molar-refractivity contribution in [2.45, 2.75) is 38.1 Å². The Kier molecular flexibility index (Phi) is 15.9. The van der Waals surface area contributed by atoms with E-state index in [2.05, 4.69) is 31.2 Å². The first kappa shape index (κ1) is 44.7. The number of halogens is 2. The first-order chi connectivity index (χ1) is 28.2. The predicted molar refractivity (Wildman–Crippen MR) is 222 cm³/mol. The third-order valence-electron chi connectivity index (χ3n) is 8.21. The second-order valence-corrected chi connectivity index (χ2v) is 14.1. The molecule has 0 fully saturated rings. The van der Waals surface area contributed by atoms with Crippen LogP contribution in [-0.4, -0.2) is 63.3 Å². The number of nitrogens with zero attached hydrogens (tertiary/aromatic N) is 2. The fraction of sp³-hybridized carbons (Fsp3) is 0.150. The van der Waals surface area contributed by atoms with Gasteiger partial charge in [-0.2, -0.15) is 22.7 Å². The smallest absolute Gasteiger partial charge is 0.328 e. The van der Waals surface area contributed by atoms with Crippen LogP contribution in [0.5, 0.6) is 0 Å². The number of carboxylic acid groups (broad SMARTS) is 1. The molecule has 4 atom stereocenters. The standard InChI is InChI=1S/C20H17FN4O3S.C13H12N2O3S.C7H7FN2O/c1-11(26)17(20(28)25-24-19(27)12-3-5-13(21)6-4-12)23-15-7-8-16(22-2)18-14(15)9-10-29-18;1-7(16)11(13(17)18)15-9-3-4-10(14-2)12-8(9)5-6-19-12;8-6-3-1-5(2-4-6)7(11)10-9/h3-11,17,23,26H,1H3,(H,24,27)(H,25,28);3-7,11,15-16H,1H3,(H,17,18);1-4H,9H2,(H,10,11)/t11-,17+;7-,11+;/m00./s1. The van der Waals surface area contributed by atoms with Crippen LogP contribution in [0.4, 0.5) is 31.5 Å². The molecule has 0 radical (unpaired) electrons. The van der Waals surface area contributed by atoms with Crippen molar-refractivity contribution in [2.75, 3.05) is 10.6 Å². The summed E-state index contributed by atoms with van der Waals surface area (Å²) in [5.41, 5.74) is 9.19. The van der Waals surface area contributed by atoms with Crippen molar-refractivity contribution in [1.82, 2.24) is 16.3 Å². The zero-order valence-electron chi connectivity index (χ0n) is 31.1. The van der Waals surface area contributed by atoms with E-state index in [0.717, 1.165) is 32.3 Å². The number of carboxylic acids is 1. The average molecular weight is 843 g/mol. The number of thiophene rings is 2. The normalized spacial score (nSPS) is 12.4. The number of fused-ring (bicyclic) bond motifs is 2. The van der Waals surface area contributed by atoms with Crippen LogP contribution < -0.4 is 32.8 Å². The average Bonchev–Trinajstić information content (AvgIpc) is 3.93. The van der Waals surface area contributed by atoms with Crippen LogP contribution in [0, 0.1) is 24.8 Å². The maximum Gasteiger partial charge on any atom is 0.328 e. The molecular weight excluding hydrogens is 807 g/mol. The first-order valence-electron chi connectivity index (χ1n) is 17.2. The van der Waals surface area contributed by atoms with Crippen molar-refractivity contribution >= 4 is 89.3 Å². The third kappa shape index (κ3) is 11.8. The van der Waals surface area contributed by atoms with Crippen molar-refractivity contribution in [1.29, 1.82) is 0 Å². The van der Waals surface area contributed by atoms with Crippen LogP contribution in [0.2, 0.25) is 0 Å². The topological polar surface area (TPSA) is 224 Å². The van der Waals surface area contributed by atoms with E-state index in [1.54, 1.807) is 24.3 Å². The van der Waals surface area contributed by atoms with E-state index >= 15 is 0 Å². The minimum Gasteiger partial charge on any atom is -0.480 e. The van der Waals surface area contributed by atoms with Gasteiger partial charge in [-0.3, -0.25) is 30.7 Å². The van der Waals surface area contributed by atoms with Crippen molar-refractivity contribution < 1.29 is 43.3 Å². The summed E-state index contributed by atoms with van der Waals surface area (Å²) in [5.74, 6) is 1.17. The summed E-state index contributed by atoms with van der Waals surface area (Å²) in [6.07, 6.45) is -2.10. The zero-order valence-corrected chi connectivity index (χ0v) is 32.7. The molecule has 3 amide bonds. The lowest BCUT2D eigenvalue weighted by Crippen LogP contribution is -2.52. The van der Waals surface area contributed by atoms with E-state index in [1.165, 1.54) is 72.9 Å². The monoisotopic (exact) mass is 842 g/mol. The number of amides is 3. The van der Waals surface area contributed by atoms with Gasteiger partial charge in [0.05, 0.1) is 25.4 Å². The third-order valence-corrected chi connectivity index (χ3v) is 10.1. The van der Waals surface area contributed by atoms with Crippen molar-refractivity contribution in [2.24, 2.45) is 5.84 Å². The molecule has 0 saturated carbocycles. The number of aliphatic hydroxyl groups is 2. The van der Waals surface area contributed by atoms with Crippen LogP contribution in [0.15, 0.2) is 95.7 Å². The van der Waals surface area contributed by atoms with E-state index in [4.69, 9.17) is 24.1 Å². The highest BCUT2D eigenvalue weighted by Crippen LogP contribution is 2.37. The van der Waals surface area contributed by atoms with Crippen LogP contribution in [0.25, 0.3) is 29.9 Å². The van der Waals surface area contributed by atoms with Crippen LogP contribution >= 0.6 is 22.7 Å². The second-order valence-electron chi connectivity index (χ2n) is 12.3. The number of hydrogen-bond acceptors (Lipinski definition) is 11. The van der Waals surface area contributed by atoms with Crippen LogP contribution in [0.1, 0.15) is 34.6 Å². The maximum atomic E-state index is 12.9. The lowest BCUT2D eigenvalue weighted by Gasteiger charge is -2.22. The number of nitrogens with two attached hydrogens (primary N) is 1. The summed E-state index contributed by atoms with van der Waals surface area (Å²) < 4.78 is 26.8. The van der Waals surface area contributed by atoms with Gasteiger partial charge in [0.2, 0.25) is 11.4 Å². The number of anilines is 2. The minimum absolute atomic E-state index is 0.169. The summed E-state index contributed by atoms with van der Waals surface area (Å²) in [7, 11) is 0. The molecule has 0 saturated heterocycles. The molecule has 15 nitrogen and oxygen atoms in total. The number of nitrogens with one attached hydrogen (secondary N) is 5. The van der Waals surface area contributed by atoms with Crippen LogP contribution in [-0.2, 0) is 9.59 Å². The van der Waals surface area contributed by atoms with Gasteiger partial charge in [0.25, 0.3) is 17.7 Å². The van der Waals surface area contributed by atoms with Crippen molar-refractivity contribution in [3.05, 3.63) is 141 Å². The molecule has 0 aliphatic heterocycles. The molecule has 2 aromatic heterocycles. The molecule has 0 bridgehead atoms. The van der Waals surface area contributed by atoms with Gasteiger partial charge < -0.3 is 26.0 Å². The number of aliphatic hydroxyl groups excluding tert-OH is 2. The van der Waals surface area contributed by atoms with Gasteiger partial charge in [-0.15, -0.1) is 0 Å². The maximum absolute atomic E-state index is 12.9. The molecule has 2 heterocycles. The molecule has 0 unspecified atom stereocenters. The predicted octanol–water partition coefficient (Wildman–Crippen LogP) is 6.34. The van der Waals surface area contributed by atoms with E-state index in [9.17, 15) is 38.2 Å². The number of carbonyl (C=O) groups excluding carboxylic acids is 3. The Labute approximate surface area is 343 Å². The molecule has 19 heteroatoms. The lowest BCUT2D eigenvalue weighted by molar-refractivity contribution is -0.140. The molecule has 0 spiro atoms. The highest BCUT2D eigenvalue weighted by atomic mass is 32.1. The number of carbonyl (C=O) groups is 4. The number of aliphatic carboxylic acids is 1. The number of benzene rings is 4. The number of hydrogen-bond donors (Lipinski definition) is 9. The molecule has 59 heavy (non-hydrogen) atoms. The quantitative estimate of drug-likeness (QED) is 0.0322. The van der Waals surface area contributed by atoms with Gasteiger partial charge in [0, 0.05) is 42.7 Å². The Hall–Kier alpha value is -7.00. The van der Waals surface area contributed by atoms with E-state index in [0.29, 0.717) is 28.3 Å². The van der Waals surface area contributed by atoms with Gasteiger partial charge in [0.15, 0.2) is 6.04 Å². The Balaban J connectivity index is 0.000000219. The Bertz CT molecular complexity index is 2510. The molecule has 10 N–H and O–H groups in total. The largest absolute Gasteiger partial charge is 0.480 e. The van der Waals surface area contributed by atoms with Gasteiger partial charge in [-0.25, -0.2) is 29.1 Å². The Morgan fingerprint density at radius 1 is 0.644 bits per heavy atom. The zero-order chi connectivity index (χ0) is 43.2. The SMILES string of the molecule is NNC(=O)c1ccc(F)cc1.[C-]#[N+]c1ccc(N[C@@H](C(=O)NNC(=O)c2ccc(F)cc2)[C@H](C)O)c2ccsc12.[C-]#[N+]c1ccc(N[C@@H](C(=O)O)[C@H](C)O)c2ccsc12.